The summed E-state index contributed by atoms with van der Waals surface area (Å²) in [5.74, 6) is -0.0133. The first-order chi connectivity index (χ1) is 15.0. The average Bonchev–Trinajstić information content (AvgIpc) is 3.14. The number of halogens is 7. The third kappa shape index (κ3) is 4.56. The molecule has 0 saturated carbocycles. The standard InChI is InChI=1S/C23H17F7N2/c24-15-8-5-13(6-9-15)7-10-20-31-19-12-14(11-18(21(19)32-20)23(28,29)30)16-3-1-2-4-17(16)22(25,26)27/h1-4,7-8,10-13H,5-6,9H2,(H,31,32). The molecule has 1 aliphatic carbocycles. The van der Waals surface area contributed by atoms with Gasteiger partial charge in [-0.15, -0.1) is 0 Å². The van der Waals surface area contributed by atoms with Gasteiger partial charge < -0.3 is 4.98 Å². The van der Waals surface area contributed by atoms with E-state index in [4.69, 9.17) is 0 Å². The maximum Gasteiger partial charge on any atom is 0.418 e. The van der Waals surface area contributed by atoms with Gasteiger partial charge in [-0.25, -0.2) is 9.37 Å². The molecule has 1 atom stereocenters. The van der Waals surface area contributed by atoms with Gasteiger partial charge in [-0.3, -0.25) is 0 Å². The molecule has 0 bridgehead atoms. The Morgan fingerprint density at radius 1 is 0.969 bits per heavy atom. The fourth-order valence-corrected chi connectivity index (χ4v) is 3.79. The zero-order valence-corrected chi connectivity index (χ0v) is 16.5. The first-order valence-electron chi connectivity index (χ1n) is 9.82. The number of aromatic amines is 1. The van der Waals surface area contributed by atoms with Crippen molar-refractivity contribution in [3.8, 4) is 11.1 Å². The summed E-state index contributed by atoms with van der Waals surface area (Å²) < 4.78 is 94.6. The fraction of sp³-hybridized carbons (Fsp3) is 0.261. The highest BCUT2D eigenvalue weighted by molar-refractivity contribution is 5.87. The maximum absolute atomic E-state index is 13.7. The van der Waals surface area contributed by atoms with Crippen molar-refractivity contribution in [3.63, 3.8) is 0 Å². The number of allylic oxidation sites excluding steroid dienone is 3. The second-order valence-corrected chi connectivity index (χ2v) is 7.63. The smallest absolute Gasteiger partial charge is 0.338 e. The maximum atomic E-state index is 13.7. The van der Waals surface area contributed by atoms with Crippen LogP contribution in [0.5, 0.6) is 0 Å². The van der Waals surface area contributed by atoms with E-state index < -0.39 is 23.5 Å². The van der Waals surface area contributed by atoms with Gasteiger partial charge in [0.25, 0.3) is 0 Å². The van der Waals surface area contributed by atoms with Crippen molar-refractivity contribution in [1.82, 2.24) is 9.97 Å². The minimum absolute atomic E-state index is 0.0268. The number of hydrogen-bond donors (Lipinski definition) is 1. The zero-order chi connectivity index (χ0) is 23.1. The molecule has 0 fully saturated rings. The van der Waals surface area contributed by atoms with E-state index in [0.29, 0.717) is 25.3 Å². The molecule has 3 aromatic rings. The van der Waals surface area contributed by atoms with Crippen LogP contribution in [0, 0.1) is 5.92 Å². The monoisotopic (exact) mass is 454 g/mol. The molecule has 9 heteroatoms. The number of rotatable bonds is 3. The summed E-state index contributed by atoms with van der Waals surface area (Å²) >= 11 is 0. The highest BCUT2D eigenvalue weighted by Gasteiger charge is 2.37. The van der Waals surface area contributed by atoms with Gasteiger partial charge in [0.1, 0.15) is 11.3 Å². The van der Waals surface area contributed by atoms with Crippen molar-refractivity contribution < 1.29 is 30.7 Å². The zero-order valence-electron chi connectivity index (χ0n) is 16.5. The SMILES string of the molecule is FC1=CCC(C=Cc2nc3c(C(F)(F)F)cc(-c4ccccc4C(F)(F)F)cc3[nH]2)CC1. The fourth-order valence-electron chi connectivity index (χ4n) is 3.79. The summed E-state index contributed by atoms with van der Waals surface area (Å²) in [6.45, 7) is 0. The van der Waals surface area contributed by atoms with Gasteiger partial charge in [0, 0.05) is 0 Å². The Bertz CT molecular complexity index is 1200. The Kier molecular flexibility index (Phi) is 5.60. The van der Waals surface area contributed by atoms with E-state index in [-0.39, 0.29) is 39.7 Å². The van der Waals surface area contributed by atoms with Crippen molar-refractivity contribution in [1.29, 1.82) is 0 Å². The largest absolute Gasteiger partial charge is 0.418 e. The molecule has 1 N–H and O–H groups in total. The normalized spacial score (nSPS) is 17.8. The summed E-state index contributed by atoms with van der Waals surface area (Å²) in [7, 11) is 0. The first kappa shape index (κ1) is 22.1. The molecular formula is C23H17F7N2. The van der Waals surface area contributed by atoms with Crippen molar-refractivity contribution in [3.05, 3.63) is 71.3 Å². The lowest BCUT2D eigenvalue weighted by molar-refractivity contribution is -0.137. The van der Waals surface area contributed by atoms with Gasteiger partial charge in [0.05, 0.1) is 22.5 Å². The molecule has 32 heavy (non-hydrogen) atoms. The molecule has 0 aliphatic heterocycles. The van der Waals surface area contributed by atoms with Gasteiger partial charge in [-0.1, -0.05) is 30.4 Å². The molecule has 1 unspecified atom stereocenters. The molecule has 2 nitrogen and oxygen atoms in total. The van der Waals surface area contributed by atoms with Crippen LogP contribution in [0.4, 0.5) is 30.7 Å². The number of nitrogens with zero attached hydrogens (tertiary/aromatic N) is 1. The number of hydrogen-bond acceptors (Lipinski definition) is 1. The van der Waals surface area contributed by atoms with Crippen LogP contribution in [0.3, 0.4) is 0 Å². The molecule has 0 spiro atoms. The Morgan fingerprint density at radius 3 is 2.34 bits per heavy atom. The number of alkyl halides is 6. The number of fused-ring (bicyclic) bond motifs is 1. The minimum atomic E-state index is -4.82. The lowest BCUT2D eigenvalue weighted by atomic mass is 9.93. The summed E-state index contributed by atoms with van der Waals surface area (Å²) in [6.07, 6.45) is -3.44. The predicted octanol–water partition coefficient (Wildman–Crippen LogP) is 7.93. The Morgan fingerprint density at radius 2 is 1.69 bits per heavy atom. The van der Waals surface area contributed by atoms with E-state index in [2.05, 4.69) is 9.97 Å². The molecule has 0 amide bonds. The van der Waals surface area contributed by atoms with Gasteiger partial charge in [0.2, 0.25) is 0 Å². The highest BCUT2D eigenvalue weighted by Crippen LogP contribution is 2.41. The lowest BCUT2D eigenvalue weighted by Gasteiger charge is -2.15. The average molecular weight is 454 g/mol. The van der Waals surface area contributed by atoms with Crippen LogP contribution in [0.15, 0.2) is 54.4 Å². The minimum Gasteiger partial charge on any atom is -0.338 e. The van der Waals surface area contributed by atoms with E-state index in [1.807, 2.05) is 0 Å². The Labute approximate surface area is 178 Å². The van der Waals surface area contributed by atoms with Gasteiger partial charge in [-0.05, 0) is 60.6 Å². The van der Waals surface area contributed by atoms with Crippen molar-refractivity contribution in [2.45, 2.75) is 31.6 Å². The summed E-state index contributed by atoms with van der Waals surface area (Å²) in [6, 6.07) is 6.41. The van der Waals surface area contributed by atoms with E-state index in [0.717, 1.165) is 12.1 Å². The van der Waals surface area contributed by atoms with Crippen LogP contribution < -0.4 is 0 Å². The summed E-state index contributed by atoms with van der Waals surface area (Å²) in [5, 5.41) is 0. The molecule has 168 valence electrons. The van der Waals surface area contributed by atoms with Crippen LogP contribution >= 0.6 is 0 Å². The number of imidazole rings is 1. The predicted molar refractivity (Wildman–Crippen MR) is 107 cm³/mol. The molecule has 0 radical (unpaired) electrons. The highest BCUT2D eigenvalue weighted by atomic mass is 19.4. The third-order valence-electron chi connectivity index (χ3n) is 5.38. The molecule has 1 aliphatic rings. The Balaban J connectivity index is 1.80. The van der Waals surface area contributed by atoms with Crippen molar-refractivity contribution in [2.75, 3.05) is 0 Å². The second-order valence-electron chi connectivity index (χ2n) is 7.63. The molecular weight excluding hydrogens is 437 g/mol. The number of benzene rings is 2. The molecule has 2 aromatic carbocycles. The van der Waals surface area contributed by atoms with E-state index in [9.17, 15) is 30.7 Å². The Hall–Kier alpha value is -3.10. The summed E-state index contributed by atoms with van der Waals surface area (Å²) in [4.78, 5) is 6.77. The van der Waals surface area contributed by atoms with Gasteiger partial charge in [0.15, 0.2) is 0 Å². The van der Waals surface area contributed by atoms with Crippen LogP contribution in [-0.4, -0.2) is 9.97 Å². The molecule has 1 heterocycles. The number of H-pyrrole nitrogens is 1. The van der Waals surface area contributed by atoms with Crippen LogP contribution in [0.1, 0.15) is 36.2 Å². The quantitative estimate of drug-likeness (QED) is 0.400. The van der Waals surface area contributed by atoms with Crippen molar-refractivity contribution >= 4 is 17.1 Å². The lowest BCUT2D eigenvalue weighted by Crippen LogP contribution is -2.09. The second kappa shape index (κ2) is 8.11. The summed E-state index contributed by atoms with van der Waals surface area (Å²) in [5.41, 5.74) is -3.12. The first-order valence-corrected chi connectivity index (χ1v) is 9.82. The van der Waals surface area contributed by atoms with E-state index >= 15 is 0 Å². The third-order valence-corrected chi connectivity index (χ3v) is 5.38. The van der Waals surface area contributed by atoms with E-state index in [1.54, 1.807) is 6.08 Å². The van der Waals surface area contributed by atoms with E-state index in [1.165, 1.54) is 30.4 Å². The topological polar surface area (TPSA) is 28.7 Å². The number of aromatic nitrogens is 2. The van der Waals surface area contributed by atoms with Crippen LogP contribution in [0.2, 0.25) is 0 Å². The van der Waals surface area contributed by atoms with Gasteiger partial charge >= 0.3 is 12.4 Å². The van der Waals surface area contributed by atoms with Crippen molar-refractivity contribution in [2.24, 2.45) is 5.92 Å². The van der Waals surface area contributed by atoms with Crippen LogP contribution in [-0.2, 0) is 12.4 Å². The molecule has 1 aromatic heterocycles. The van der Waals surface area contributed by atoms with Gasteiger partial charge in [-0.2, -0.15) is 26.3 Å². The number of nitrogens with one attached hydrogen (secondary N) is 1. The molecule has 0 saturated heterocycles. The molecule has 4 rings (SSSR count). The van der Waals surface area contributed by atoms with Crippen LogP contribution in [0.25, 0.3) is 28.2 Å².